The summed E-state index contributed by atoms with van der Waals surface area (Å²) in [4.78, 5) is 9.82. The molecular weight excluding hydrogens is 545 g/mol. The minimum atomic E-state index is 0.566. The highest BCUT2D eigenvalue weighted by Gasteiger charge is 2.17. The Morgan fingerprint density at radius 2 is 1.33 bits per heavy atom. The van der Waals surface area contributed by atoms with Crippen LogP contribution in [0.2, 0.25) is 0 Å². The number of aromatic nitrogens is 2. The summed E-state index contributed by atoms with van der Waals surface area (Å²) in [5, 5.41) is 5.90. The number of thiophene rings is 1. The molecule has 0 bridgehead atoms. The number of fused-ring (bicyclic) bond motifs is 8. The Hall–Kier alpha value is -5.32. The first-order valence-electron chi connectivity index (χ1n) is 14.4. The maximum Gasteiger partial charge on any atom is 0.246 e. The average Bonchev–Trinajstić information content (AvgIpc) is 3.64. The Bertz CT molecular complexity index is 2540. The van der Waals surface area contributed by atoms with E-state index in [-0.39, 0.29) is 0 Å². The second-order valence-corrected chi connectivity index (χ2v) is 12.1. The molecule has 9 rings (SSSR count). The zero-order chi connectivity index (χ0) is 28.5. The van der Waals surface area contributed by atoms with Crippen LogP contribution in [0.4, 0.5) is 0 Å². The number of benzene rings is 6. The molecule has 0 amide bonds. The van der Waals surface area contributed by atoms with Gasteiger partial charge in [0.15, 0.2) is 0 Å². The Labute approximate surface area is 251 Å². The fraction of sp³-hybridized carbons (Fsp3) is 0.0256. The molecule has 4 heteroatoms. The van der Waals surface area contributed by atoms with Crippen LogP contribution in [0.25, 0.3) is 86.7 Å². The summed E-state index contributed by atoms with van der Waals surface area (Å²) in [5.41, 5.74) is 9.94. The van der Waals surface area contributed by atoms with Crippen LogP contribution >= 0.6 is 11.3 Å². The van der Waals surface area contributed by atoms with Gasteiger partial charge in [0.05, 0.1) is 17.3 Å². The minimum absolute atomic E-state index is 0.566. The average molecular weight is 569 g/mol. The van der Waals surface area contributed by atoms with E-state index in [1.165, 1.54) is 31.3 Å². The fourth-order valence-corrected chi connectivity index (χ4v) is 7.64. The number of hydrogen-bond donors (Lipinski definition) is 0. The molecule has 0 saturated carbocycles. The number of nitrogens with zero attached hydrogens (tertiary/aromatic N) is 2. The van der Waals surface area contributed by atoms with Gasteiger partial charge in [0.2, 0.25) is 5.71 Å². The molecule has 0 radical (unpaired) electrons. The summed E-state index contributed by atoms with van der Waals surface area (Å²) in [6, 6.07) is 43.1. The predicted molar refractivity (Wildman–Crippen MR) is 181 cm³/mol. The molecule has 0 aliphatic heterocycles. The number of hydrogen-bond acceptors (Lipinski definition) is 4. The number of furan rings is 1. The quantitative estimate of drug-likeness (QED) is 0.213. The Balaban J connectivity index is 1.14. The fourth-order valence-electron chi connectivity index (χ4n) is 6.40. The van der Waals surface area contributed by atoms with Crippen molar-refractivity contribution in [3.63, 3.8) is 0 Å². The summed E-state index contributed by atoms with van der Waals surface area (Å²) >= 11 is 1.86. The van der Waals surface area contributed by atoms with Crippen molar-refractivity contribution in [2.75, 3.05) is 0 Å². The van der Waals surface area contributed by atoms with Crippen molar-refractivity contribution < 1.29 is 4.42 Å². The van der Waals surface area contributed by atoms with Gasteiger partial charge in [0.25, 0.3) is 0 Å². The third kappa shape index (κ3) is 3.80. The van der Waals surface area contributed by atoms with Crippen LogP contribution < -0.4 is 0 Å². The third-order valence-corrected chi connectivity index (χ3v) is 9.66. The molecule has 3 nitrogen and oxygen atoms in total. The maximum absolute atomic E-state index is 6.37. The van der Waals surface area contributed by atoms with Gasteiger partial charge >= 0.3 is 0 Å². The lowest BCUT2D eigenvalue weighted by Crippen LogP contribution is -1.88. The lowest BCUT2D eigenvalue weighted by molar-refractivity contribution is 0.657. The van der Waals surface area contributed by atoms with Gasteiger partial charge in [-0.2, -0.15) is 0 Å². The lowest BCUT2D eigenvalue weighted by Gasteiger charge is -2.09. The van der Waals surface area contributed by atoms with Gasteiger partial charge in [0.1, 0.15) is 11.1 Å². The van der Waals surface area contributed by atoms with Crippen LogP contribution in [0.1, 0.15) is 5.56 Å². The van der Waals surface area contributed by atoms with Crippen molar-refractivity contribution >= 4 is 64.5 Å². The molecule has 0 spiro atoms. The van der Waals surface area contributed by atoms with Gasteiger partial charge in [0, 0.05) is 31.1 Å². The zero-order valence-electron chi connectivity index (χ0n) is 23.3. The smallest absolute Gasteiger partial charge is 0.246 e. The van der Waals surface area contributed by atoms with Crippen LogP contribution in [0, 0.1) is 6.92 Å². The lowest BCUT2D eigenvalue weighted by atomic mass is 9.96. The molecule has 0 aliphatic rings. The highest BCUT2D eigenvalue weighted by Crippen LogP contribution is 2.41. The highest BCUT2D eigenvalue weighted by atomic mass is 32.1. The van der Waals surface area contributed by atoms with Gasteiger partial charge in [-0.1, -0.05) is 103 Å². The second kappa shape index (κ2) is 9.35. The van der Waals surface area contributed by atoms with Crippen molar-refractivity contribution in [2.24, 2.45) is 0 Å². The summed E-state index contributed by atoms with van der Waals surface area (Å²) < 4.78 is 9.02. The molecule has 0 saturated heterocycles. The summed E-state index contributed by atoms with van der Waals surface area (Å²) in [7, 11) is 0. The van der Waals surface area contributed by atoms with E-state index in [9.17, 15) is 0 Å². The van der Waals surface area contributed by atoms with E-state index in [0.29, 0.717) is 5.71 Å². The summed E-state index contributed by atoms with van der Waals surface area (Å²) in [6.45, 7) is 2.11. The van der Waals surface area contributed by atoms with E-state index in [2.05, 4.69) is 122 Å². The van der Waals surface area contributed by atoms with Crippen LogP contribution in [0.3, 0.4) is 0 Å². The third-order valence-electron chi connectivity index (χ3n) is 8.44. The molecule has 0 unspecified atom stereocenters. The van der Waals surface area contributed by atoms with Crippen molar-refractivity contribution in [1.82, 2.24) is 9.97 Å². The Kier molecular flexibility index (Phi) is 5.28. The van der Waals surface area contributed by atoms with E-state index in [1.54, 1.807) is 0 Å². The highest BCUT2D eigenvalue weighted by molar-refractivity contribution is 7.26. The molecule has 0 N–H and O–H groups in total. The number of rotatable bonds is 3. The topological polar surface area (TPSA) is 38.9 Å². The van der Waals surface area contributed by atoms with Gasteiger partial charge in [-0.25, -0.2) is 9.97 Å². The molecule has 6 aromatic carbocycles. The Morgan fingerprint density at radius 1 is 0.628 bits per heavy atom. The predicted octanol–water partition coefficient (Wildman–Crippen LogP) is 11.2. The second-order valence-electron chi connectivity index (χ2n) is 11.1. The van der Waals surface area contributed by atoms with Crippen molar-refractivity contribution in [3.05, 3.63) is 133 Å². The monoisotopic (exact) mass is 568 g/mol. The van der Waals surface area contributed by atoms with E-state index in [4.69, 9.17) is 14.4 Å². The van der Waals surface area contributed by atoms with E-state index in [0.717, 1.165) is 55.2 Å². The van der Waals surface area contributed by atoms with Gasteiger partial charge in [-0.15, -0.1) is 11.3 Å². The first-order chi connectivity index (χ1) is 21.2. The molecule has 9 aromatic rings. The van der Waals surface area contributed by atoms with Crippen LogP contribution in [0.5, 0.6) is 0 Å². The maximum atomic E-state index is 6.37. The Morgan fingerprint density at radius 3 is 2.21 bits per heavy atom. The van der Waals surface area contributed by atoms with E-state index in [1.807, 2.05) is 23.6 Å². The van der Waals surface area contributed by atoms with Crippen LogP contribution in [-0.2, 0) is 0 Å². The van der Waals surface area contributed by atoms with Gasteiger partial charge < -0.3 is 4.42 Å². The normalized spacial score (nSPS) is 11.8. The molecule has 0 fully saturated rings. The van der Waals surface area contributed by atoms with Crippen LogP contribution in [-0.4, -0.2) is 9.97 Å². The summed E-state index contributed by atoms with van der Waals surface area (Å²) in [5.74, 6) is 0. The standard InChI is InChI=1S/C39H24N2OS/c1-23-19-26-9-2-3-14-29(26)37-35(23)36-39(42-37)41-33(22-40-36)28-13-7-11-25(21-28)24-10-6-12-27(20-24)30-16-8-17-32-31-15-4-5-18-34(31)43-38(30)32/h2-22H,1H3. The molecule has 43 heavy (non-hydrogen) atoms. The minimum Gasteiger partial charge on any atom is -0.436 e. The molecule has 202 valence electrons. The van der Waals surface area contributed by atoms with E-state index >= 15 is 0 Å². The largest absolute Gasteiger partial charge is 0.436 e. The first-order valence-corrected chi connectivity index (χ1v) is 15.2. The SMILES string of the molecule is Cc1cc2ccccc2c2oc3nc(-c4cccc(-c5cccc(-c6cccc7c6sc6ccccc67)c5)c4)cnc3c12. The zero-order valence-corrected chi connectivity index (χ0v) is 24.2. The molecule has 3 aromatic heterocycles. The van der Waals surface area contributed by atoms with Crippen molar-refractivity contribution in [1.29, 1.82) is 0 Å². The van der Waals surface area contributed by atoms with Crippen LogP contribution in [0.15, 0.2) is 132 Å². The molecule has 3 heterocycles. The first kappa shape index (κ1) is 24.3. The molecule has 0 aliphatic carbocycles. The van der Waals surface area contributed by atoms with Crippen molar-refractivity contribution in [3.8, 4) is 33.5 Å². The summed E-state index contributed by atoms with van der Waals surface area (Å²) in [6.07, 6.45) is 1.86. The van der Waals surface area contributed by atoms with E-state index < -0.39 is 0 Å². The van der Waals surface area contributed by atoms with Gasteiger partial charge in [-0.05, 0) is 58.3 Å². The van der Waals surface area contributed by atoms with Gasteiger partial charge in [-0.3, -0.25) is 0 Å². The molecule has 0 atom stereocenters. The molecular formula is C39H24N2OS. The number of aryl methyl sites for hydroxylation is 1. The van der Waals surface area contributed by atoms with Crippen molar-refractivity contribution in [2.45, 2.75) is 6.92 Å².